The van der Waals surface area contributed by atoms with Crippen molar-refractivity contribution in [3.05, 3.63) is 75.4 Å². The average molecular weight is 412 g/mol. The Labute approximate surface area is 170 Å². The number of amides is 2. The summed E-state index contributed by atoms with van der Waals surface area (Å²) in [5.41, 5.74) is 7.11. The second kappa shape index (κ2) is 9.04. The molecule has 28 heavy (non-hydrogen) atoms. The molecule has 8 heteroatoms. The Morgan fingerprint density at radius 3 is 2.18 bits per heavy atom. The third-order valence-corrected chi connectivity index (χ3v) is 4.91. The number of nitriles is 1. The van der Waals surface area contributed by atoms with E-state index in [9.17, 15) is 9.59 Å². The van der Waals surface area contributed by atoms with Crippen LogP contribution >= 0.6 is 22.9 Å². The number of hydrogen-bond acceptors (Lipinski definition) is 5. The maximum absolute atomic E-state index is 11.8. The number of hydrogen-bond donors (Lipinski definition) is 2. The van der Waals surface area contributed by atoms with Crippen molar-refractivity contribution in [2.75, 3.05) is 6.61 Å². The minimum Gasteiger partial charge on any atom is -0.484 e. The number of ether oxygens (including phenoxy) is 1. The van der Waals surface area contributed by atoms with Crippen LogP contribution in [0.15, 0.2) is 60.7 Å². The first-order valence-electron chi connectivity index (χ1n) is 8.13. The Morgan fingerprint density at radius 2 is 1.61 bits per heavy atom. The van der Waals surface area contributed by atoms with Crippen LogP contribution in [0.1, 0.15) is 15.2 Å². The van der Waals surface area contributed by atoms with Crippen LogP contribution in [-0.4, -0.2) is 18.4 Å². The van der Waals surface area contributed by atoms with Crippen LogP contribution in [0.2, 0.25) is 4.34 Å². The highest BCUT2D eigenvalue weighted by atomic mass is 35.5. The molecule has 3 rings (SSSR count). The van der Waals surface area contributed by atoms with Crippen LogP contribution in [0, 0.1) is 11.3 Å². The summed E-state index contributed by atoms with van der Waals surface area (Å²) in [6.07, 6.45) is 0. The number of thiophene rings is 1. The lowest BCUT2D eigenvalue weighted by molar-refractivity contribution is -0.123. The molecule has 0 aliphatic carbocycles. The summed E-state index contributed by atoms with van der Waals surface area (Å²) in [5, 5.41) is 8.84. The molecule has 0 saturated heterocycles. The molecule has 1 aromatic heterocycles. The minimum absolute atomic E-state index is 0.248. The van der Waals surface area contributed by atoms with Gasteiger partial charge in [0.25, 0.3) is 11.8 Å². The lowest BCUT2D eigenvalue weighted by Crippen LogP contribution is -2.43. The van der Waals surface area contributed by atoms with Crippen LogP contribution in [0.5, 0.6) is 5.75 Å². The first-order valence-corrected chi connectivity index (χ1v) is 9.32. The molecular formula is C20H14ClN3O3S. The molecule has 0 atom stereocenters. The predicted molar refractivity (Wildman–Crippen MR) is 107 cm³/mol. The second-order valence-electron chi connectivity index (χ2n) is 5.61. The van der Waals surface area contributed by atoms with E-state index in [2.05, 4.69) is 16.9 Å². The number of rotatable bonds is 5. The normalized spacial score (nSPS) is 10.0. The zero-order valence-corrected chi connectivity index (χ0v) is 16.0. The molecule has 1 heterocycles. The molecular weight excluding hydrogens is 398 g/mol. The summed E-state index contributed by atoms with van der Waals surface area (Å²) in [5.74, 6) is -0.423. The molecule has 0 aliphatic heterocycles. The fourth-order valence-corrected chi connectivity index (χ4v) is 3.23. The molecule has 0 saturated carbocycles. The fourth-order valence-electron chi connectivity index (χ4n) is 2.29. The fraction of sp³-hybridized carbons (Fsp3) is 0.0500. The lowest BCUT2D eigenvalue weighted by Gasteiger charge is -2.09. The molecule has 0 fully saturated rings. The van der Waals surface area contributed by atoms with Crippen LogP contribution < -0.4 is 15.6 Å². The van der Waals surface area contributed by atoms with Crippen LogP contribution in [-0.2, 0) is 4.79 Å². The summed E-state index contributed by atoms with van der Waals surface area (Å²) in [6, 6.07) is 19.7. The van der Waals surface area contributed by atoms with E-state index in [-0.39, 0.29) is 6.61 Å². The number of carbonyl (C=O) groups is 2. The van der Waals surface area contributed by atoms with E-state index in [1.54, 1.807) is 36.4 Å². The van der Waals surface area contributed by atoms with E-state index >= 15 is 0 Å². The van der Waals surface area contributed by atoms with Crippen molar-refractivity contribution >= 4 is 34.8 Å². The van der Waals surface area contributed by atoms with Gasteiger partial charge in [0.15, 0.2) is 6.61 Å². The highest BCUT2D eigenvalue weighted by Gasteiger charge is 2.10. The minimum atomic E-state index is -0.493. The third kappa shape index (κ3) is 5.10. The van der Waals surface area contributed by atoms with Crippen molar-refractivity contribution in [1.29, 1.82) is 5.26 Å². The van der Waals surface area contributed by atoms with Crippen molar-refractivity contribution < 1.29 is 14.3 Å². The maximum Gasteiger partial charge on any atom is 0.279 e. The van der Waals surface area contributed by atoms with Crippen LogP contribution in [0.4, 0.5) is 0 Å². The first-order chi connectivity index (χ1) is 13.5. The Kier molecular flexibility index (Phi) is 6.27. The number of halogens is 1. The SMILES string of the molecule is N#Cc1ccc(-c2ccc(OCC(=O)NNC(=O)c3ccc(Cl)s3)cc2)cc1. The molecule has 6 nitrogen and oxygen atoms in total. The molecule has 0 radical (unpaired) electrons. The standard InChI is InChI=1S/C20H14ClN3O3S/c21-18-10-9-17(28-18)20(26)24-23-19(25)12-27-16-7-5-15(6-8-16)14-3-1-13(11-22)2-4-14/h1-10H,12H2,(H,23,25)(H,24,26). The van der Waals surface area contributed by atoms with E-state index in [0.717, 1.165) is 22.5 Å². The molecule has 0 spiro atoms. The van der Waals surface area contributed by atoms with Gasteiger partial charge in [0.2, 0.25) is 0 Å². The summed E-state index contributed by atoms with van der Waals surface area (Å²) in [7, 11) is 0. The van der Waals surface area contributed by atoms with Crippen molar-refractivity contribution in [2.45, 2.75) is 0 Å². The Morgan fingerprint density at radius 1 is 0.964 bits per heavy atom. The molecule has 0 aliphatic rings. The molecule has 2 N–H and O–H groups in total. The number of benzene rings is 2. The quantitative estimate of drug-likeness (QED) is 0.625. The second-order valence-corrected chi connectivity index (χ2v) is 7.32. The summed E-state index contributed by atoms with van der Waals surface area (Å²) in [4.78, 5) is 24.0. The number of nitrogens with zero attached hydrogens (tertiary/aromatic N) is 1. The lowest BCUT2D eigenvalue weighted by atomic mass is 10.0. The van der Waals surface area contributed by atoms with Gasteiger partial charge in [-0.1, -0.05) is 35.9 Å². The number of nitrogens with one attached hydrogen (secondary N) is 2. The highest BCUT2D eigenvalue weighted by molar-refractivity contribution is 7.17. The van der Waals surface area contributed by atoms with Crippen molar-refractivity contribution in [1.82, 2.24) is 10.9 Å². The van der Waals surface area contributed by atoms with Gasteiger partial charge in [-0.3, -0.25) is 20.4 Å². The van der Waals surface area contributed by atoms with Crippen LogP contribution in [0.3, 0.4) is 0 Å². The average Bonchev–Trinajstić information content (AvgIpc) is 3.17. The molecule has 0 bridgehead atoms. The van der Waals surface area contributed by atoms with Crippen molar-refractivity contribution in [2.24, 2.45) is 0 Å². The summed E-state index contributed by atoms with van der Waals surface area (Å²) in [6.45, 7) is -0.248. The number of carbonyl (C=O) groups excluding carboxylic acids is 2. The largest absolute Gasteiger partial charge is 0.484 e. The Bertz CT molecular complexity index is 1020. The third-order valence-electron chi connectivity index (χ3n) is 3.68. The smallest absolute Gasteiger partial charge is 0.279 e. The molecule has 3 aromatic rings. The Balaban J connectivity index is 1.48. The summed E-state index contributed by atoms with van der Waals surface area (Å²) >= 11 is 6.88. The predicted octanol–water partition coefficient (Wildman–Crippen LogP) is 3.78. The van der Waals surface area contributed by atoms with Crippen molar-refractivity contribution in [3.63, 3.8) is 0 Å². The zero-order valence-electron chi connectivity index (χ0n) is 14.4. The van der Waals surface area contributed by atoms with Gasteiger partial charge in [-0.25, -0.2) is 0 Å². The zero-order chi connectivity index (χ0) is 19.9. The molecule has 2 aromatic carbocycles. The van der Waals surface area contributed by atoms with Gasteiger partial charge in [-0.05, 0) is 47.5 Å². The van der Waals surface area contributed by atoms with Gasteiger partial charge >= 0.3 is 0 Å². The van der Waals surface area contributed by atoms with E-state index in [0.29, 0.717) is 20.5 Å². The van der Waals surface area contributed by atoms with Crippen molar-refractivity contribution in [3.8, 4) is 22.9 Å². The maximum atomic E-state index is 11.8. The topological polar surface area (TPSA) is 91.2 Å². The summed E-state index contributed by atoms with van der Waals surface area (Å²) < 4.78 is 5.90. The van der Waals surface area contributed by atoms with E-state index < -0.39 is 11.8 Å². The highest BCUT2D eigenvalue weighted by Crippen LogP contribution is 2.23. The van der Waals surface area contributed by atoms with Gasteiger partial charge < -0.3 is 4.74 Å². The van der Waals surface area contributed by atoms with E-state index in [4.69, 9.17) is 21.6 Å². The van der Waals surface area contributed by atoms with E-state index in [1.807, 2.05) is 24.3 Å². The van der Waals surface area contributed by atoms with Gasteiger partial charge in [-0.2, -0.15) is 5.26 Å². The molecule has 2 amide bonds. The van der Waals surface area contributed by atoms with E-state index in [1.165, 1.54) is 0 Å². The monoisotopic (exact) mass is 411 g/mol. The van der Waals surface area contributed by atoms with Gasteiger partial charge in [-0.15, -0.1) is 11.3 Å². The Hall–Kier alpha value is -3.34. The first kappa shape index (κ1) is 19.4. The number of hydrazine groups is 1. The van der Waals surface area contributed by atoms with Gasteiger partial charge in [0.05, 0.1) is 20.8 Å². The van der Waals surface area contributed by atoms with Gasteiger partial charge in [0.1, 0.15) is 5.75 Å². The van der Waals surface area contributed by atoms with Gasteiger partial charge in [0, 0.05) is 0 Å². The molecule has 0 unspecified atom stereocenters. The van der Waals surface area contributed by atoms with Crippen LogP contribution in [0.25, 0.3) is 11.1 Å². The molecule has 140 valence electrons.